The van der Waals surface area contributed by atoms with E-state index >= 15 is 4.39 Å². The molecule has 0 aliphatic carbocycles. The molecule has 3 amide bonds. The number of halogens is 1. The largest absolute Gasteiger partial charge is 0.473 e. The minimum Gasteiger partial charge on any atom is -0.473 e. The molecule has 0 aliphatic heterocycles. The number of nitrogens with zero attached hydrogens (tertiary/aromatic N) is 2. The third-order valence-electron chi connectivity index (χ3n) is 7.29. The molecule has 0 saturated heterocycles. The second-order valence-corrected chi connectivity index (χ2v) is 11.9. The molecule has 3 aromatic rings. The molecule has 12 heteroatoms. The van der Waals surface area contributed by atoms with Crippen molar-refractivity contribution in [3.8, 4) is 28.1 Å². The Hall–Kier alpha value is -5.52. The first-order chi connectivity index (χ1) is 23.2. The van der Waals surface area contributed by atoms with Gasteiger partial charge in [-0.3, -0.25) is 19.3 Å². The van der Waals surface area contributed by atoms with Crippen LogP contribution in [0.25, 0.3) is 22.3 Å². The number of amides is 3. The van der Waals surface area contributed by atoms with Gasteiger partial charge in [0.05, 0.1) is 12.1 Å². The highest BCUT2D eigenvalue weighted by molar-refractivity contribution is 5.90. The van der Waals surface area contributed by atoms with E-state index in [9.17, 15) is 19.2 Å². The third-order valence-corrected chi connectivity index (χ3v) is 7.29. The lowest BCUT2D eigenvalue weighted by molar-refractivity contribution is -0.153. The van der Waals surface area contributed by atoms with E-state index in [1.807, 2.05) is 71.9 Å². The van der Waals surface area contributed by atoms with Crippen molar-refractivity contribution in [3.63, 3.8) is 0 Å². The molecule has 1 aromatic heterocycles. The number of ether oxygens (including phenoxy) is 3. The summed E-state index contributed by atoms with van der Waals surface area (Å²) in [6, 6.07) is 10.8. The summed E-state index contributed by atoms with van der Waals surface area (Å²) in [5.74, 6) is -2.43. The predicted octanol–water partition coefficient (Wildman–Crippen LogP) is 6.31. The first kappa shape index (κ1) is 37.9. The Bertz CT molecular complexity index is 1740. The van der Waals surface area contributed by atoms with E-state index < -0.39 is 48.9 Å². The number of allylic oxidation sites excluding steroid dienone is 2. The first-order valence-electron chi connectivity index (χ1n) is 15.6. The van der Waals surface area contributed by atoms with E-state index in [2.05, 4.69) is 10.3 Å². The fourth-order valence-corrected chi connectivity index (χ4v) is 4.70. The van der Waals surface area contributed by atoms with Crippen molar-refractivity contribution in [2.45, 2.75) is 60.9 Å². The molecule has 0 saturated carbocycles. The molecule has 0 radical (unpaired) electrons. The van der Waals surface area contributed by atoms with E-state index in [1.165, 1.54) is 17.9 Å². The zero-order valence-corrected chi connectivity index (χ0v) is 28.9. The van der Waals surface area contributed by atoms with Crippen molar-refractivity contribution in [3.05, 3.63) is 88.9 Å². The van der Waals surface area contributed by atoms with E-state index in [-0.39, 0.29) is 12.2 Å². The lowest BCUT2D eigenvalue weighted by Crippen LogP contribution is -2.45. The number of anilines is 1. The quantitative estimate of drug-likeness (QED) is 0.115. The molecule has 1 heterocycles. The number of nitrogens with two attached hydrogens (primary N) is 1. The first-order valence-corrected chi connectivity index (χ1v) is 15.6. The molecule has 2 aromatic carbocycles. The van der Waals surface area contributed by atoms with Crippen molar-refractivity contribution in [2.24, 2.45) is 5.73 Å². The van der Waals surface area contributed by atoms with Crippen LogP contribution < -0.4 is 20.7 Å². The monoisotopic (exact) mass is 674 g/mol. The molecule has 0 spiro atoms. The van der Waals surface area contributed by atoms with E-state index in [1.54, 1.807) is 24.4 Å². The highest BCUT2D eigenvalue weighted by atomic mass is 19.1. The van der Waals surface area contributed by atoms with Gasteiger partial charge >= 0.3 is 12.1 Å². The number of hydrogen-bond donors (Lipinski definition) is 2. The fraction of sp³-hybridized carbons (Fsp3) is 0.324. The highest BCUT2D eigenvalue weighted by Gasteiger charge is 2.23. The summed E-state index contributed by atoms with van der Waals surface area (Å²) in [7, 11) is 0. The summed E-state index contributed by atoms with van der Waals surface area (Å²) in [5.41, 5.74) is 12.2. The lowest BCUT2D eigenvalue weighted by Gasteiger charge is -2.22. The molecule has 260 valence electrons. The maximum absolute atomic E-state index is 15.8. The number of primary amides is 1. The number of esters is 1. The molecule has 49 heavy (non-hydrogen) atoms. The third kappa shape index (κ3) is 11.3. The number of pyridine rings is 1. The van der Waals surface area contributed by atoms with E-state index in [0.717, 1.165) is 33.4 Å². The zero-order chi connectivity index (χ0) is 36.2. The summed E-state index contributed by atoms with van der Waals surface area (Å²) < 4.78 is 31.5. The lowest BCUT2D eigenvalue weighted by atomic mass is 9.92. The van der Waals surface area contributed by atoms with Gasteiger partial charge in [-0.1, -0.05) is 29.4 Å². The van der Waals surface area contributed by atoms with Crippen molar-refractivity contribution < 1.29 is 37.8 Å². The molecule has 0 bridgehead atoms. The number of benzene rings is 2. The van der Waals surface area contributed by atoms with Gasteiger partial charge in [-0.2, -0.15) is 0 Å². The van der Waals surface area contributed by atoms with Crippen LogP contribution in [0.15, 0.2) is 72.0 Å². The second-order valence-electron chi connectivity index (χ2n) is 11.9. The standard InChI is InChI=1S/C37H43FN4O7/c1-22(2)12-14-42(37(46)49-21-48-35(44)19-33(36(39)45)41-26(7)43)28-9-10-29(32(38)18-28)31-17-24(5)30(16-25(31)6)27-8-11-34(40-20-27)47-15-13-23(3)4/h8-13,16-18,20,33H,14-15,19,21H2,1-7H3,(H2,39,45)(H,41,43). The maximum Gasteiger partial charge on any atom is 0.417 e. The Labute approximate surface area is 285 Å². The van der Waals surface area contributed by atoms with Gasteiger partial charge in [0, 0.05) is 36.9 Å². The predicted molar refractivity (Wildman–Crippen MR) is 185 cm³/mol. The molecule has 3 rings (SSSR count). The Balaban J connectivity index is 1.77. The van der Waals surface area contributed by atoms with Crippen molar-refractivity contribution in [1.29, 1.82) is 0 Å². The van der Waals surface area contributed by atoms with Crippen LogP contribution in [-0.4, -0.2) is 54.8 Å². The summed E-state index contributed by atoms with van der Waals surface area (Å²) in [5, 5.41) is 2.24. The Morgan fingerprint density at radius 1 is 0.898 bits per heavy atom. The number of nitrogens with one attached hydrogen (secondary N) is 1. The maximum atomic E-state index is 15.8. The normalized spacial score (nSPS) is 11.1. The van der Waals surface area contributed by atoms with Crippen molar-refractivity contribution >= 4 is 29.6 Å². The van der Waals surface area contributed by atoms with E-state index in [0.29, 0.717) is 23.6 Å². The van der Waals surface area contributed by atoms with Crippen LogP contribution in [0, 0.1) is 19.7 Å². The van der Waals surface area contributed by atoms with Gasteiger partial charge < -0.3 is 25.3 Å². The van der Waals surface area contributed by atoms with Crippen LogP contribution in [0.1, 0.15) is 52.2 Å². The average molecular weight is 675 g/mol. The van der Waals surface area contributed by atoms with Crippen molar-refractivity contribution in [2.75, 3.05) is 24.8 Å². The van der Waals surface area contributed by atoms with Crippen LogP contribution in [-0.2, 0) is 23.9 Å². The number of rotatable bonds is 14. The Morgan fingerprint density at radius 3 is 2.16 bits per heavy atom. The van der Waals surface area contributed by atoms with Crippen molar-refractivity contribution in [1.82, 2.24) is 10.3 Å². The number of hydrogen-bond acceptors (Lipinski definition) is 8. The number of aromatic nitrogens is 1. The number of carbonyl (C=O) groups excluding carboxylic acids is 4. The second kappa shape index (κ2) is 17.6. The van der Waals surface area contributed by atoms with Gasteiger partial charge in [0.25, 0.3) is 0 Å². The van der Waals surface area contributed by atoms with Crippen LogP contribution in [0.2, 0.25) is 0 Å². The van der Waals surface area contributed by atoms with Crippen LogP contribution in [0.3, 0.4) is 0 Å². The van der Waals surface area contributed by atoms with Crippen LogP contribution in [0.5, 0.6) is 5.88 Å². The van der Waals surface area contributed by atoms with Gasteiger partial charge in [0.15, 0.2) is 0 Å². The molecule has 0 fully saturated rings. The summed E-state index contributed by atoms with van der Waals surface area (Å²) in [6.45, 7) is 12.4. The molecular formula is C37H43FN4O7. The van der Waals surface area contributed by atoms with Gasteiger partial charge in [-0.25, -0.2) is 14.2 Å². The zero-order valence-electron chi connectivity index (χ0n) is 28.9. The van der Waals surface area contributed by atoms with Gasteiger partial charge in [-0.15, -0.1) is 0 Å². The minimum atomic E-state index is -1.28. The topological polar surface area (TPSA) is 150 Å². The summed E-state index contributed by atoms with van der Waals surface area (Å²) >= 11 is 0. The van der Waals surface area contributed by atoms with Gasteiger partial charge in [0.2, 0.25) is 24.5 Å². The Kier molecular flexibility index (Phi) is 13.6. The highest BCUT2D eigenvalue weighted by Crippen LogP contribution is 2.34. The van der Waals surface area contributed by atoms with Gasteiger partial charge in [0.1, 0.15) is 18.5 Å². The fourth-order valence-electron chi connectivity index (χ4n) is 4.70. The molecule has 11 nitrogen and oxygen atoms in total. The summed E-state index contributed by atoms with van der Waals surface area (Å²) in [4.78, 5) is 53.6. The number of aryl methyl sites for hydroxylation is 2. The molecule has 3 N–H and O–H groups in total. The SMILES string of the molecule is CC(=O)NC(CC(=O)OCOC(=O)N(CC=C(C)C)c1ccc(-c2cc(C)c(-c3ccc(OCC=C(C)C)nc3)cc2C)c(F)c1)C(N)=O. The van der Waals surface area contributed by atoms with Gasteiger partial charge in [-0.05, 0) is 94.1 Å². The Morgan fingerprint density at radius 2 is 1.57 bits per heavy atom. The molecule has 0 aliphatic rings. The number of carbonyl (C=O) groups is 4. The average Bonchev–Trinajstić information content (AvgIpc) is 3.02. The van der Waals surface area contributed by atoms with Crippen LogP contribution >= 0.6 is 0 Å². The van der Waals surface area contributed by atoms with E-state index in [4.69, 9.17) is 19.9 Å². The molecular weight excluding hydrogens is 631 g/mol. The molecule has 1 unspecified atom stereocenters. The smallest absolute Gasteiger partial charge is 0.417 e. The minimum absolute atomic E-state index is 0.0554. The molecule has 1 atom stereocenters. The summed E-state index contributed by atoms with van der Waals surface area (Å²) in [6.07, 6.45) is 4.04. The van der Waals surface area contributed by atoms with Crippen LogP contribution in [0.4, 0.5) is 14.9 Å².